The third kappa shape index (κ3) is 1.82. The van der Waals surface area contributed by atoms with Crippen LogP contribution in [0.1, 0.15) is 5.56 Å². The zero-order chi connectivity index (χ0) is 9.80. The fourth-order valence-corrected chi connectivity index (χ4v) is 1.35. The van der Waals surface area contributed by atoms with Gasteiger partial charge in [0.1, 0.15) is 0 Å². The Hall–Kier alpha value is -1.64. The summed E-state index contributed by atoms with van der Waals surface area (Å²) in [5.41, 5.74) is 1.18. The minimum atomic E-state index is 0.326. The minimum Gasteiger partial charge on any atom is -0.505 e. The van der Waals surface area contributed by atoms with Crippen LogP contribution in [-0.4, -0.2) is 13.9 Å². The maximum atomic E-state index is 5.27. The van der Waals surface area contributed by atoms with Gasteiger partial charge in [0.2, 0.25) is 6.79 Å². The Bertz CT molecular complexity index is 344. The van der Waals surface area contributed by atoms with Crippen LogP contribution in [0.15, 0.2) is 30.5 Å². The van der Waals surface area contributed by atoms with E-state index in [9.17, 15) is 0 Å². The van der Waals surface area contributed by atoms with Crippen LogP contribution in [0.2, 0.25) is 0 Å². The van der Waals surface area contributed by atoms with Gasteiger partial charge < -0.3 is 14.2 Å². The zero-order valence-electron chi connectivity index (χ0n) is 8.03. The summed E-state index contributed by atoms with van der Waals surface area (Å²) in [6.45, 7) is 0.326. The van der Waals surface area contributed by atoms with E-state index in [0.29, 0.717) is 6.79 Å². The summed E-state index contributed by atoms with van der Waals surface area (Å²) in [5, 5.41) is 0. The van der Waals surface area contributed by atoms with Crippen LogP contribution in [0.4, 0.5) is 0 Å². The Morgan fingerprint density at radius 3 is 3.07 bits per heavy atom. The van der Waals surface area contributed by atoms with E-state index in [-0.39, 0.29) is 0 Å². The van der Waals surface area contributed by atoms with Gasteiger partial charge in [-0.15, -0.1) is 0 Å². The quantitative estimate of drug-likeness (QED) is 0.686. The molecule has 14 heavy (non-hydrogen) atoms. The van der Waals surface area contributed by atoms with E-state index in [2.05, 4.69) is 0 Å². The predicted molar refractivity (Wildman–Crippen MR) is 52.4 cm³/mol. The smallest absolute Gasteiger partial charge is 0.231 e. The van der Waals surface area contributed by atoms with Gasteiger partial charge in [0.15, 0.2) is 11.5 Å². The predicted octanol–water partition coefficient (Wildman–Crippen LogP) is 2.12. The molecule has 0 radical (unpaired) electrons. The second-order valence-electron chi connectivity index (χ2n) is 3.00. The van der Waals surface area contributed by atoms with Crippen molar-refractivity contribution in [1.29, 1.82) is 0 Å². The highest BCUT2D eigenvalue weighted by Crippen LogP contribution is 2.32. The maximum Gasteiger partial charge on any atom is 0.231 e. The summed E-state index contributed by atoms with van der Waals surface area (Å²) < 4.78 is 15.3. The molecule has 0 aliphatic carbocycles. The number of allylic oxidation sites excluding steroid dienone is 1. The first kappa shape index (κ1) is 8.94. The lowest BCUT2D eigenvalue weighted by Gasteiger charge is -1.99. The van der Waals surface area contributed by atoms with Gasteiger partial charge in [-0.25, -0.2) is 0 Å². The molecular weight excluding hydrogens is 180 g/mol. The number of hydrogen-bond acceptors (Lipinski definition) is 3. The van der Waals surface area contributed by atoms with Crippen molar-refractivity contribution >= 4 is 0 Å². The lowest BCUT2D eigenvalue weighted by Crippen LogP contribution is -1.92. The van der Waals surface area contributed by atoms with Crippen LogP contribution in [0.3, 0.4) is 0 Å². The molecule has 3 heteroatoms. The lowest BCUT2D eigenvalue weighted by atomic mass is 10.1. The molecule has 0 N–H and O–H groups in total. The molecule has 3 nitrogen and oxygen atoms in total. The molecule has 1 aromatic rings. The van der Waals surface area contributed by atoms with E-state index in [4.69, 9.17) is 14.2 Å². The van der Waals surface area contributed by atoms with Gasteiger partial charge in [0, 0.05) is 0 Å². The third-order valence-corrected chi connectivity index (χ3v) is 2.02. The summed E-state index contributed by atoms with van der Waals surface area (Å²) in [7, 11) is 1.64. The number of ether oxygens (including phenoxy) is 3. The third-order valence-electron chi connectivity index (χ3n) is 2.02. The molecule has 0 fully saturated rings. The molecule has 0 aromatic heterocycles. The van der Waals surface area contributed by atoms with Crippen LogP contribution < -0.4 is 9.47 Å². The van der Waals surface area contributed by atoms with E-state index < -0.39 is 0 Å². The number of methoxy groups -OCH3 is 1. The highest BCUT2D eigenvalue weighted by Gasteiger charge is 2.12. The van der Waals surface area contributed by atoms with Crippen molar-refractivity contribution in [2.75, 3.05) is 13.9 Å². The van der Waals surface area contributed by atoms with E-state index >= 15 is 0 Å². The summed E-state index contributed by atoms with van der Waals surface area (Å²) in [6, 6.07) is 5.94. The van der Waals surface area contributed by atoms with Crippen molar-refractivity contribution in [2.24, 2.45) is 0 Å². The van der Waals surface area contributed by atoms with Crippen LogP contribution >= 0.6 is 0 Å². The number of benzene rings is 1. The van der Waals surface area contributed by atoms with Gasteiger partial charge in [-0.2, -0.15) is 0 Å². The Balaban J connectivity index is 2.09. The normalized spacial score (nSPS) is 13.5. The van der Waals surface area contributed by atoms with Gasteiger partial charge >= 0.3 is 0 Å². The van der Waals surface area contributed by atoms with Crippen LogP contribution in [0.5, 0.6) is 11.5 Å². The van der Waals surface area contributed by atoms with Crippen molar-refractivity contribution in [3.8, 4) is 11.5 Å². The Kier molecular flexibility index (Phi) is 2.58. The first-order valence-corrected chi connectivity index (χ1v) is 4.46. The average molecular weight is 192 g/mol. The van der Waals surface area contributed by atoms with E-state index in [1.807, 2.05) is 24.3 Å². The van der Waals surface area contributed by atoms with Crippen molar-refractivity contribution in [3.05, 3.63) is 36.1 Å². The zero-order valence-corrected chi connectivity index (χ0v) is 8.03. The van der Waals surface area contributed by atoms with Gasteiger partial charge in [-0.05, 0) is 30.2 Å². The van der Waals surface area contributed by atoms with Crippen molar-refractivity contribution < 1.29 is 14.2 Å². The number of fused-ring (bicyclic) bond motifs is 1. The summed E-state index contributed by atoms with van der Waals surface area (Å²) in [5.74, 6) is 1.65. The fourth-order valence-electron chi connectivity index (χ4n) is 1.35. The molecule has 0 saturated carbocycles. The molecule has 0 saturated heterocycles. The largest absolute Gasteiger partial charge is 0.505 e. The van der Waals surface area contributed by atoms with Crippen molar-refractivity contribution in [3.63, 3.8) is 0 Å². The van der Waals surface area contributed by atoms with Gasteiger partial charge in [0.05, 0.1) is 13.4 Å². The van der Waals surface area contributed by atoms with Crippen molar-refractivity contribution in [1.82, 2.24) is 0 Å². The fraction of sp³-hybridized carbons (Fsp3) is 0.273. The summed E-state index contributed by atoms with van der Waals surface area (Å²) in [6.07, 6.45) is 4.46. The Labute approximate surface area is 82.9 Å². The highest BCUT2D eigenvalue weighted by molar-refractivity contribution is 5.44. The average Bonchev–Trinajstić information content (AvgIpc) is 2.65. The molecule has 0 spiro atoms. The standard InChI is InChI=1S/C11H12O3/c1-12-6-2-3-9-4-5-10-11(7-9)14-8-13-10/h2,4-7H,3,8H2,1H3. The number of hydrogen-bond donors (Lipinski definition) is 0. The highest BCUT2D eigenvalue weighted by atomic mass is 16.7. The first-order chi connectivity index (χ1) is 6.90. The number of rotatable bonds is 3. The molecular formula is C11H12O3. The first-order valence-electron chi connectivity index (χ1n) is 4.46. The molecule has 2 rings (SSSR count). The van der Waals surface area contributed by atoms with Crippen molar-refractivity contribution in [2.45, 2.75) is 6.42 Å². The second kappa shape index (κ2) is 4.05. The maximum absolute atomic E-state index is 5.27. The molecule has 0 unspecified atom stereocenters. The van der Waals surface area contributed by atoms with E-state index in [0.717, 1.165) is 17.9 Å². The Morgan fingerprint density at radius 1 is 1.36 bits per heavy atom. The Morgan fingerprint density at radius 2 is 2.21 bits per heavy atom. The van der Waals surface area contributed by atoms with Crippen LogP contribution in [0, 0.1) is 0 Å². The molecule has 0 amide bonds. The molecule has 1 aliphatic rings. The molecule has 1 heterocycles. The topological polar surface area (TPSA) is 27.7 Å². The summed E-state index contributed by atoms with van der Waals surface area (Å²) >= 11 is 0. The van der Waals surface area contributed by atoms with E-state index in [1.165, 1.54) is 5.56 Å². The molecule has 1 aromatic carbocycles. The van der Waals surface area contributed by atoms with Crippen LogP contribution in [0.25, 0.3) is 0 Å². The second-order valence-corrected chi connectivity index (χ2v) is 3.00. The van der Waals surface area contributed by atoms with Crippen LogP contribution in [-0.2, 0) is 11.2 Å². The molecule has 1 aliphatic heterocycles. The van der Waals surface area contributed by atoms with Gasteiger partial charge in [-0.3, -0.25) is 0 Å². The molecule has 0 bridgehead atoms. The molecule has 74 valence electrons. The van der Waals surface area contributed by atoms with Gasteiger partial charge in [-0.1, -0.05) is 6.07 Å². The van der Waals surface area contributed by atoms with E-state index in [1.54, 1.807) is 13.4 Å². The SMILES string of the molecule is COC=CCc1ccc2c(c1)OCO2. The lowest BCUT2D eigenvalue weighted by molar-refractivity contribution is 0.174. The monoisotopic (exact) mass is 192 g/mol. The molecule has 0 atom stereocenters. The van der Waals surface area contributed by atoms with Gasteiger partial charge in [0.25, 0.3) is 0 Å². The summed E-state index contributed by atoms with van der Waals surface area (Å²) in [4.78, 5) is 0. The minimum absolute atomic E-state index is 0.326.